The largest absolute Gasteiger partial charge is 0.461 e. The number of rotatable bonds is 4. The Hall–Kier alpha value is -2.21. The number of aromatic nitrogens is 2. The molecule has 2 aliphatic heterocycles. The molecule has 6 nitrogen and oxygen atoms in total. The molecule has 0 N–H and O–H groups in total. The summed E-state index contributed by atoms with van der Waals surface area (Å²) in [5, 5.41) is 0. The van der Waals surface area contributed by atoms with E-state index in [1.165, 1.54) is 70.6 Å². The molecule has 184 valence electrons. The van der Waals surface area contributed by atoms with Crippen LogP contribution in [0, 0.1) is 0 Å². The number of ether oxygens (including phenoxy) is 1. The third-order valence-corrected chi connectivity index (χ3v) is 8.39. The van der Waals surface area contributed by atoms with Crippen molar-refractivity contribution < 1.29 is 9.53 Å². The lowest BCUT2D eigenvalue weighted by molar-refractivity contribution is 0.0491. The second-order valence-corrected chi connectivity index (χ2v) is 10.5. The van der Waals surface area contributed by atoms with E-state index in [1.807, 2.05) is 28.8 Å². The van der Waals surface area contributed by atoms with E-state index in [0.29, 0.717) is 23.6 Å². The van der Waals surface area contributed by atoms with Gasteiger partial charge in [0.25, 0.3) is 5.56 Å². The van der Waals surface area contributed by atoms with Crippen LogP contribution >= 0.6 is 0 Å². The molecule has 3 aliphatic rings. The van der Waals surface area contributed by atoms with E-state index >= 15 is 0 Å². The number of nitrogens with zero attached hydrogens (tertiary/aromatic N) is 3. The normalized spacial score (nSPS) is 27.0. The molecule has 2 bridgehead atoms. The summed E-state index contributed by atoms with van der Waals surface area (Å²) < 4.78 is 7.05. The Morgan fingerprint density at radius 1 is 0.882 bits per heavy atom. The van der Waals surface area contributed by atoms with Gasteiger partial charge in [0.05, 0.1) is 17.6 Å². The lowest BCUT2D eigenvalue weighted by atomic mass is 9.90. The molecular weight excluding hydrogens is 426 g/mol. The molecule has 2 unspecified atom stereocenters. The van der Waals surface area contributed by atoms with Crippen molar-refractivity contribution in [1.82, 2.24) is 14.5 Å². The van der Waals surface area contributed by atoms with Gasteiger partial charge in [-0.2, -0.15) is 0 Å². The van der Waals surface area contributed by atoms with Crippen molar-refractivity contribution in [3.8, 4) is 0 Å². The minimum absolute atomic E-state index is 0.0809. The Kier molecular flexibility index (Phi) is 7.33. The number of fused-ring (bicyclic) bond motifs is 3. The van der Waals surface area contributed by atoms with Crippen LogP contribution in [0.25, 0.3) is 11.0 Å². The van der Waals surface area contributed by atoms with Gasteiger partial charge in [-0.1, -0.05) is 57.1 Å². The molecule has 1 saturated carbocycles. The van der Waals surface area contributed by atoms with Crippen LogP contribution in [0.3, 0.4) is 0 Å². The standard InChI is InChI=1S/C28H39N3O3/c1-2-34-28(33)26-27(32)31(25-15-11-10-14-24(25)29-26)23-18-21-16-17-22(19-23)30(21)20-12-8-6-4-3-5-7-9-13-20/h10-11,14-15,20-23H,2-9,12-13,16-19H2,1H3. The summed E-state index contributed by atoms with van der Waals surface area (Å²) >= 11 is 0. The molecule has 6 heteroatoms. The van der Waals surface area contributed by atoms with Gasteiger partial charge in [-0.25, -0.2) is 9.78 Å². The summed E-state index contributed by atoms with van der Waals surface area (Å²) in [6, 6.07) is 9.56. The molecule has 2 atom stereocenters. The highest BCUT2D eigenvalue weighted by molar-refractivity contribution is 5.89. The number of carbonyl (C=O) groups excluding carboxylic acids is 1. The third-order valence-electron chi connectivity index (χ3n) is 8.39. The van der Waals surface area contributed by atoms with E-state index in [4.69, 9.17) is 4.74 Å². The Labute approximate surface area is 202 Å². The molecule has 1 aromatic carbocycles. The molecule has 3 fully saturated rings. The highest BCUT2D eigenvalue weighted by Gasteiger charge is 2.44. The van der Waals surface area contributed by atoms with Gasteiger partial charge in [0.2, 0.25) is 5.69 Å². The van der Waals surface area contributed by atoms with Crippen LogP contribution in [0.5, 0.6) is 0 Å². The lowest BCUT2D eigenvalue weighted by Crippen LogP contribution is -2.50. The second kappa shape index (κ2) is 10.6. The topological polar surface area (TPSA) is 64.4 Å². The van der Waals surface area contributed by atoms with E-state index in [2.05, 4.69) is 9.88 Å². The quantitative estimate of drug-likeness (QED) is 0.547. The zero-order valence-corrected chi connectivity index (χ0v) is 20.6. The van der Waals surface area contributed by atoms with Crippen molar-refractivity contribution in [3.63, 3.8) is 0 Å². The van der Waals surface area contributed by atoms with Gasteiger partial charge in [0.15, 0.2) is 0 Å². The van der Waals surface area contributed by atoms with Crippen molar-refractivity contribution in [1.29, 1.82) is 0 Å². The van der Waals surface area contributed by atoms with Crippen molar-refractivity contribution in [3.05, 3.63) is 40.3 Å². The Morgan fingerprint density at radius 2 is 1.50 bits per heavy atom. The van der Waals surface area contributed by atoms with Gasteiger partial charge in [-0.05, 0) is 57.6 Å². The van der Waals surface area contributed by atoms with Gasteiger partial charge in [-0.3, -0.25) is 9.69 Å². The Morgan fingerprint density at radius 3 is 2.15 bits per heavy atom. The summed E-state index contributed by atoms with van der Waals surface area (Å²) in [5.41, 5.74) is 1.14. The van der Waals surface area contributed by atoms with Crippen molar-refractivity contribution in [2.45, 2.75) is 115 Å². The molecule has 2 saturated heterocycles. The molecule has 1 aliphatic carbocycles. The number of benzene rings is 1. The van der Waals surface area contributed by atoms with Crippen LogP contribution in [0.2, 0.25) is 0 Å². The molecular formula is C28H39N3O3. The minimum Gasteiger partial charge on any atom is -0.461 e. The smallest absolute Gasteiger partial charge is 0.362 e. The van der Waals surface area contributed by atoms with Gasteiger partial charge in [0.1, 0.15) is 0 Å². The van der Waals surface area contributed by atoms with E-state index in [9.17, 15) is 9.59 Å². The maximum absolute atomic E-state index is 13.6. The molecule has 1 aromatic heterocycles. The molecule has 0 amide bonds. The predicted molar refractivity (Wildman–Crippen MR) is 134 cm³/mol. The van der Waals surface area contributed by atoms with Crippen LogP contribution in [-0.4, -0.2) is 45.2 Å². The zero-order chi connectivity index (χ0) is 23.5. The first kappa shape index (κ1) is 23.5. The summed E-state index contributed by atoms with van der Waals surface area (Å²) in [4.78, 5) is 33.4. The molecule has 3 heterocycles. The number of esters is 1. The molecule has 0 radical (unpaired) electrons. The summed E-state index contributed by atoms with van der Waals surface area (Å²) in [7, 11) is 0. The van der Waals surface area contributed by atoms with Gasteiger partial charge >= 0.3 is 5.97 Å². The Bertz CT molecular complexity index is 1040. The van der Waals surface area contributed by atoms with Crippen molar-refractivity contribution in [2.24, 2.45) is 0 Å². The van der Waals surface area contributed by atoms with Crippen LogP contribution in [0.4, 0.5) is 0 Å². The van der Waals surface area contributed by atoms with Crippen LogP contribution in [0.1, 0.15) is 107 Å². The minimum atomic E-state index is -0.617. The van der Waals surface area contributed by atoms with Gasteiger partial charge in [-0.15, -0.1) is 0 Å². The third kappa shape index (κ3) is 4.66. The van der Waals surface area contributed by atoms with E-state index in [-0.39, 0.29) is 23.9 Å². The van der Waals surface area contributed by atoms with Gasteiger partial charge in [0, 0.05) is 24.2 Å². The van der Waals surface area contributed by atoms with E-state index in [0.717, 1.165) is 18.4 Å². The zero-order valence-electron chi connectivity index (χ0n) is 20.6. The van der Waals surface area contributed by atoms with Crippen molar-refractivity contribution in [2.75, 3.05) is 6.61 Å². The first-order valence-corrected chi connectivity index (χ1v) is 13.6. The summed E-state index contributed by atoms with van der Waals surface area (Å²) in [5.74, 6) is -0.617. The SMILES string of the molecule is CCOC(=O)c1nc2ccccc2n(C2CC3CCC(C2)N3C2CCCCCCCCC2)c1=O. The average Bonchev–Trinajstić information content (AvgIpc) is 3.11. The summed E-state index contributed by atoms with van der Waals surface area (Å²) in [6.45, 7) is 1.99. The van der Waals surface area contributed by atoms with Crippen molar-refractivity contribution >= 4 is 17.0 Å². The molecule has 2 aromatic rings. The van der Waals surface area contributed by atoms with E-state index < -0.39 is 5.97 Å². The van der Waals surface area contributed by atoms with Crippen LogP contribution in [0.15, 0.2) is 29.1 Å². The maximum Gasteiger partial charge on any atom is 0.362 e. The first-order valence-electron chi connectivity index (χ1n) is 13.6. The van der Waals surface area contributed by atoms with Crippen LogP contribution < -0.4 is 5.56 Å². The number of carbonyl (C=O) groups is 1. The second-order valence-electron chi connectivity index (χ2n) is 10.5. The predicted octanol–water partition coefficient (Wildman–Crippen LogP) is 5.63. The van der Waals surface area contributed by atoms with Gasteiger partial charge < -0.3 is 9.30 Å². The monoisotopic (exact) mass is 465 g/mol. The number of hydrogen-bond donors (Lipinski definition) is 0. The first-order chi connectivity index (χ1) is 16.7. The number of hydrogen-bond acceptors (Lipinski definition) is 5. The molecule has 5 rings (SSSR count). The maximum atomic E-state index is 13.6. The molecule has 34 heavy (non-hydrogen) atoms. The fraction of sp³-hybridized carbons (Fsp3) is 0.679. The van der Waals surface area contributed by atoms with Crippen LogP contribution in [-0.2, 0) is 4.74 Å². The van der Waals surface area contributed by atoms with E-state index in [1.54, 1.807) is 6.92 Å². The highest BCUT2D eigenvalue weighted by atomic mass is 16.5. The number of piperidine rings is 1. The average molecular weight is 466 g/mol. The molecule has 0 spiro atoms. The fourth-order valence-electron chi connectivity index (χ4n) is 6.93. The summed E-state index contributed by atoms with van der Waals surface area (Å²) in [6.07, 6.45) is 16.7. The highest BCUT2D eigenvalue weighted by Crippen LogP contribution is 2.44. The lowest BCUT2D eigenvalue weighted by Gasteiger charge is -2.44. The fourth-order valence-corrected chi connectivity index (χ4v) is 6.93. The number of para-hydroxylation sites is 2. The Balaban J connectivity index is 1.43.